The zero-order valence-electron chi connectivity index (χ0n) is 12.1. The summed E-state index contributed by atoms with van der Waals surface area (Å²) in [4.78, 5) is 0. The number of aryl methyl sites for hydroxylation is 1. The summed E-state index contributed by atoms with van der Waals surface area (Å²) in [6.07, 6.45) is 0.857. The van der Waals surface area contributed by atoms with Crippen molar-refractivity contribution in [1.29, 1.82) is 0 Å². The molecule has 0 amide bonds. The molecule has 1 nitrogen and oxygen atoms in total. The fourth-order valence-electron chi connectivity index (χ4n) is 2.33. The van der Waals surface area contributed by atoms with Crippen LogP contribution >= 0.6 is 11.6 Å². The predicted molar refractivity (Wildman–Crippen MR) is 82.7 cm³/mol. The zero-order valence-corrected chi connectivity index (χ0v) is 12.8. The molecule has 1 atom stereocenters. The first kappa shape index (κ1) is 15.9. The molecule has 0 radical (unpaired) electrons. The summed E-state index contributed by atoms with van der Waals surface area (Å²) in [6.45, 7) is 4.52. The van der Waals surface area contributed by atoms with Crippen LogP contribution in [0.25, 0.3) is 0 Å². The van der Waals surface area contributed by atoms with Crippen molar-refractivity contribution in [3.63, 3.8) is 0 Å². The Bertz CT molecular complexity index is 608. The topological polar surface area (TPSA) is 12.0 Å². The summed E-state index contributed by atoms with van der Waals surface area (Å²) in [5.41, 5.74) is 1.62. The molecule has 1 N–H and O–H groups in total. The lowest BCUT2D eigenvalue weighted by molar-refractivity contribution is 0.520. The van der Waals surface area contributed by atoms with Gasteiger partial charge in [0.1, 0.15) is 11.6 Å². The van der Waals surface area contributed by atoms with Gasteiger partial charge in [0.25, 0.3) is 0 Å². The standard InChI is InChI=1S/C17H18ClF2N/c1-3-9-21-17(12-10-11(2)7-8-14(12)19)16-13(18)5-4-6-15(16)20/h4-8,10,17,21H,3,9H2,1-2H3. The van der Waals surface area contributed by atoms with Gasteiger partial charge in [-0.15, -0.1) is 0 Å². The predicted octanol–water partition coefficient (Wildman–Crippen LogP) is 5.02. The Balaban J connectivity index is 2.55. The van der Waals surface area contributed by atoms with Gasteiger partial charge in [-0.2, -0.15) is 0 Å². The van der Waals surface area contributed by atoms with Gasteiger partial charge in [0.15, 0.2) is 0 Å². The monoisotopic (exact) mass is 309 g/mol. The molecule has 0 saturated heterocycles. The molecule has 0 aliphatic carbocycles. The minimum absolute atomic E-state index is 0.289. The summed E-state index contributed by atoms with van der Waals surface area (Å²) in [7, 11) is 0. The lowest BCUT2D eigenvalue weighted by atomic mass is 9.96. The van der Waals surface area contributed by atoms with Crippen molar-refractivity contribution in [2.75, 3.05) is 6.54 Å². The maximum absolute atomic E-state index is 14.2. The minimum atomic E-state index is -0.599. The number of hydrogen-bond acceptors (Lipinski definition) is 1. The van der Waals surface area contributed by atoms with Gasteiger partial charge in [-0.3, -0.25) is 0 Å². The van der Waals surface area contributed by atoms with Crippen LogP contribution in [0.4, 0.5) is 8.78 Å². The van der Waals surface area contributed by atoms with Crippen LogP contribution in [0.1, 0.15) is 36.1 Å². The van der Waals surface area contributed by atoms with Gasteiger partial charge in [0, 0.05) is 16.1 Å². The van der Waals surface area contributed by atoms with E-state index in [0.29, 0.717) is 17.1 Å². The van der Waals surface area contributed by atoms with E-state index < -0.39 is 11.9 Å². The molecule has 21 heavy (non-hydrogen) atoms. The van der Waals surface area contributed by atoms with Gasteiger partial charge >= 0.3 is 0 Å². The van der Waals surface area contributed by atoms with Crippen molar-refractivity contribution in [3.05, 3.63) is 69.7 Å². The van der Waals surface area contributed by atoms with E-state index in [1.54, 1.807) is 24.3 Å². The molecule has 4 heteroatoms. The van der Waals surface area contributed by atoms with Crippen LogP contribution in [-0.4, -0.2) is 6.54 Å². The average molecular weight is 310 g/mol. The van der Waals surface area contributed by atoms with E-state index in [0.717, 1.165) is 12.0 Å². The molecule has 0 bridgehead atoms. The van der Waals surface area contributed by atoms with Crippen molar-refractivity contribution in [2.24, 2.45) is 0 Å². The second-order valence-electron chi connectivity index (χ2n) is 5.05. The Morgan fingerprint density at radius 2 is 1.90 bits per heavy atom. The number of nitrogens with one attached hydrogen (secondary N) is 1. The normalized spacial score (nSPS) is 12.4. The molecule has 112 valence electrons. The molecule has 0 heterocycles. The summed E-state index contributed by atoms with van der Waals surface area (Å²) < 4.78 is 28.4. The van der Waals surface area contributed by atoms with Crippen molar-refractivity contribution in [1.82, 2.24) is 5.32 Å². The molecule has 0 aromatic heterocycles. The Hall–Kier alpha value is -1.45. The van der Waals surface area contributed by atoms with Crippen LogP contribution in [-0.2, 0) is 0 Å². The van der Waals surface area contributed by atoms with Gasteiger partial charge in [0.2, 0.25) is 0 Å². The molecular weight excluding hydrogens is 292 g/mol. The lowest BCUT2D eigenvalue weighted by Crippen LogP contribution is -2.25. The maximum Gasteiger partial charge on any atom is 0.129 e. The lowest BCUT2D eigenvalue weighted by Gasteiger charge is -2.22. The molecule has 0 spiro atoms. The molecule has 2 rings (SSSR count). The van der Waals surface area contributed by atoms with Crippen molar-refractivity contribution >= 4 is 11.6 Å². The third-order valence-corrected chi connectivity index (χ3v) is 3.68. The Labute approximate surface area is 128 Å². The largest absolute Gasteiger partial charge is 0.306 e. The second-order valence-corrected chi connectivity index (χ2v) is 5.45. The Morgan fingerprint density at radius 3 is 2.57 bits per heavy atom. The van der Waals surface area contributed by atoms with Crippen LogP contribution in [0, 0.1) is 18.6 Å². The van der Waals surface area contributed by atoms with Gasteiger partial charge in [-0.25, -0.2) is 8.78 Å². The van der Waals surface area contributed by atoms with E-state index in [2.05, 4.69) is 5.32 Å². The molecule has 0 fully saturated rings. The summed E-state index contributed by atoms with van der Waals surface area (Å²) >= 11 is 6.14. The van der Waals surface area contributed by atoms with E-state index in [9.17, 15) is 8.78 Å². The Morgan fingerprint density at radius 1 is 1.14 bits per heavy atom. The fraction of sp³-hybridized carbons (Fsp3) is 0.294. The van der Waals surface area contributed by atoms with Crippen LogP contribution in [0.3, 0.4) is 0 Å². The second kappa shape index (κ2) is 7.01. The zero-order chi connectivity index (χ0) is 15.4. The van der Waals surface area contributed by atoms with E-state index in [4.69, 9.17) is 11.6 Å². The first-order valence-corrected chi connectivity index (χ1v) is 7.35. The van der Waals surface area contributed by atoms with E-state index in [-0.39, 0.29) is 11.4 Å². The number of benzene rings is 2. The van der Waals surface area contributed by atoms with Crippen LogP contribution in [0.5, 0.6) is 0 Å². The van der Waals surface area contributed by atoms with Gasteiger partial charge < -0.3 is 5.32 Å². The molecule has 0 aliphatic rings. The van der Waals surface area contributed by atoms with E-state index in [1.165, 1.54) is 12.1 Å². The first-order chi connectivity index (χ1) is 10.0. The number of hydrogen-bond donors (Lipinski definition) is 1. The van der Waals surface area contributed by atoms with Crippen molar-refractivity contribution in [3.8, 4) is 0 Å². The van der Waals surface area contributed by atoms with Crippen LogP contribution in [0.2, 0.25) is 5.02 Å². The number of rotatable bonds is 5. The highest BCUT2D eigenvalue weighted by Crippen LogP contribution is 2.32. The van der Waals surface area contributed by atoms with Crippen LogP contribution < -0.4 is 5.32 Å². The van der Waals surface area contributed by atoms with Gasteiger partial charge in [-0.05, 0) is 38.1 Å². The summed E-state index contributed by atoms with van der Waals surface area (Å²) in [5, 5.41) is 3.48. The van der Waals surface area contributed by atoms with E-state index in [1.807, 2.05) is 13.8 Å². The molecule has 0 aliphatic heterocycles. The SMILES string of the molecule is CCCNC(c1cc(C)ccc1F)c1c(F)cccc1Cl. The summed E-state index contributed by atoms with van der Waals surface area (Å²) in [5.74, 6) is -0.800. The quantitative estimate of drug-likeness (QED) is 0.818. The highest BCUT2D eigenvalue weighted by atomic mass is 35.5. The molecule has 0 saturated carbocycles. The smallest absolute Gasteiger partial charge is 0.129 e. The van der Waals surface area contributed by atoms with Crippen LogP contribution in [0.15, 0.2) is 36.4 Å². The maximum atomic E-state index is 14.2. The van der Waals surface area contributed by atoms with E-state index >= 15 is 0 Å². The fourth-order valence-corrected chi connectivity index (χ4v) is 2.60. The minimum Gasteiger partial charge on any atom is -0.306 e. The molecule has 2 aromatic rings. The molecule has 1 unspecified atom stereocenters. The highest BCUT2D eigenvalue weighted by molar-refractivity contribution is 6.31. The third-order valence-electron chi connectivity index (χ3n) is 3.35. The van der Waals surface area contributed by atoms with Crippen molar-refractivity contribution in [2.45, 2.75) is 26.3 Å². The summed E-state index contributed by atoms with van der Waals surface area (Å²) in [6, 6.07) is 8.73. The van der Waals surface area contributed by atoms with Gasteiger partial charge in [-0.1, -0.05) is 42.3 Å². The molecule has 2 aromatic carbocycles. The van der Waals surface area contributed by atoms with Gasteiger partial charge in [0.05, 0.1) is 6.04 Å². The molecular formula is C17H18ClF2N. The Kier molecular flexibility index (Phi) is 5.32. The average Bonchev–Trinajstić information content (AvgIpc) is 2.45. The first-order valence-electron chi connectivity index (χ1n) is 6.98. The third kappa shape index (κ3) is 3.60. The van der Waals surface area contributed by atoms with Crippen molar-refractivity contribution < 1.29 is 8.78 Å². The number of halogens is 3. The highest BCUT2D eigenvalue weighted by Gasteiger charge is 2.23.